The molecular formula is C18H22ClN4O+. The van der Waals surface area contributed by atoms with Crippen LogP contribution in [0.25, 0.3) is 17.0 Å². The van der Waals surface area contributed by atoms with Gasteiger partial charge in [0.1, 0.15) is 0 Å². The highest BCUT2D eigenvalue weighted by molar-refractivity contribution is 6.30. The Kier molecular flexibility index (Phi) is 4.24. The summed E-state index contributed by atoms with van der Waals surface area (Å²) in [5.41, 5.74) is 2.58. The van der Waals surface area contributed by atoms with Crippen LogP contribution < -0.4 is 5.56 Å². The molecule has 1 aromatic carbocycles. The quantitative estimate of drug-likeness (QED) is 0.682. The highest BCUT2D eigenvalue weighted by Crippen LogP contribution is 2.21. The van der Waals surface area contributed by atoms with Crippen molar-refractivity contribution in [1.82, 2.24) is 14.0 Å². The van der Waals surface area contributed by atoms with Gasteiger partial charge in [-0.3, -0.25) is 9.20 Å². The summed E-state index contributed by atoms with van der Waals surface area (Å²) in [6.07, 6.45) is 1.79. The van der Waals surface area contributed by atoms with E-state index in [-0.39, 0.29) is 5.56 Å². The lowest BCUT2D eigenvalue weighted by Gasteiger charge is -2.25. The van der Waals surface area contributed by atoms with E-state index in [1.54, 1.807) is 16.7 Å². The van der Waals surface area contributed by atoms with Crippen molar-refractivity contribution < 1.29 is 4.48 Å². The van der Waals surface area contributed by atoms with Crippen molar-refractivity contribution in [1.29, 1.82) is 0 Å². The van der Waals surface area contributed by atoms with Crippen LogP contribution in [0.1, 0.15) is 5.69 Å². The molecule has 3 rings (SSSR count). The predicted octanol–water partition coefficient (Wildman–Crippen LogP) is 2.83. The van der Waals surface area contributed by atoms with Gasteiger partial charge in [-0.2, -0.15) is 0 Å². The summed E-state index contributed by atoms with van der Waals surface area (Å²) in [6, 6.07) is 9.15. The minimum atomic E-state index is -0.0586. The number of halogens is 1. The van der Waals surface area contributed by atoms with E-state index in [0.29, 0.717) is 10.8 Å². The number of fused-ring (bicyclic) bond motifs is 1. The maximum atomic E-state index is 12.3. The first-order valence-electron chi connectivity index (χ1n) is 7.90. The van der Waals surface area contributed by atoms with Crippen molar-refractivity contribution in [3.05, 3.63) is 57.6 Å². The minimum Gasteiger partial charge on any atom is -0.329 e. The molecule has 126 valence electrons. The lowest BCUT2D eigenvalue weighted by molar-refractivity contribution is -0.870. The summed E-state index contributed by atoms with van der Waals surface area (Å²) in [5.74, 6) is 0.679. The molecule has 0 radical (unpaired) electrons. The monoisotopic (exact) mass is 345 g/mol. The SMILES string of the molecule is Cc1cc(=O)n2cc(-c3ccc(Cl)cc3)nc2n1CC[N+](C)(C)C. The molecule has 0 saturated heterocycles. The second-order valence-electron chi connectivity index (χ2n) is 7.09. The number of benzene rings is 1. The first-order valence-corrected chi connectivity index (χ1v) is 8.28. The average molecular weight is 346 g/mol. The van der Waals surface area contributed by atoms with Gasteiger partial charge in [0.2, 0.25) is 5.78 Å². The van der Waals surface area contributed by atoms with Crippen LogP contribution in [0, 0.1) is 6.92 Å². The number of hydrogen-bond donors (Lipinski definition) is 0. The van der Waals surface area contributed by atoms with Crippen LogP contribution in [-0.4, -0.2) is 46.1 Å². The summed E-state index contributed by atoms with van der Waals surface area (Å²) in [6.45, 7) is 3.70. The van der Waals surface area contributed by atoms with Gasteiger partial charge >= 0.3 is 0 Å². The zero-order valence-corrected chi connectivity index (χ0v) is 15.2. The third-order valence-electron chi connectivity index (χ3n) is 4.06. The fraction of sp³-hybridized carbons (Fsp3) is 0.333. The van der Waals surface area contributed by atoms with Gasteiger partial charge in [-0.1, -0.05) is 23.7 Å². The smallest absolute Gasteiger partial charge is 0.259 e. The number of imidazole rings is 1. The van der Waals surface area contributed by atoms with Crippen LogP contribution >= 0.6 is 11.6 Å². The molecule has 2 heterocycles. The molecule has 0 saturated carbocycles. The number of nitrogens with zero attached hydrogens (tertiary/aromatic N) is 4. The molecule has 2 aromatic heterocycles. The topological polar surface area (TPSA) is 39.3 Å². The van der Waals surface area contributed by atoms with Gasteiger partial charge in [-0.05, 0) is 19.1 Å². The largest absolute Gasteiger partial charge is 0.329 e. The van der Waals surface area contributed by atoms with Gasteiger partial charge in [0.15, 0.2) is 0 Å². The van der Waals surface area contributed by atoms with Gasteiger partial charge in [-0.15, -0.1) is 0 Å². The summed E-state index contributed by atoms with van der Waals surface area (Å²) < 4.78 is 4.57. The van der Waals surface area contributed by atoms with Crippen LogP contribution in [0.5, 0.6) is 0 Å². The lowest BCUT2D eigenvalue weighted by atomic mass is 10.2. The van der Waals surface area contributed by atoms with Crippen molar-refractivity contribution in [2.24, 2.45) is 0 Å². The van der Waals surface area contributed by atoms with Gasteiger partial charge in [0.05, 0.1) is 39.9 Å². The minimum absolute atomic E-state index is 0.0586. The molecule has 0 unspecified atom stereocenters. The van der Waals surface area contributed by atoms with E-state index >= 15 is 0 Å². The van der Waals surface area contributed by atoms with Crippen molar-refractivity contribution >= 4 is 17.4 Å². The highest BCUT2D eigenvalue weighted by atomic mass is 35.5. The second kappa shape index (κ2) is 6.07. The van der Waals surface area contributed by atoms with E-state index in [9.17, 15) is 4.79 Å². The van der Waals surface area contributed by atoms with Crippen molar-refractivity contribution in [3.8, 4) is 11.3 Å². The maximum absolute atomic E-state index is 12.3. The average Bonchev–Trinajstić information content (AvgIpc) is 2.92. The Morgan fingerprint density at radius 1 is 1.17 bits per heavy atom. The number of rotatable bonds is 4. The summed E-state index contributed by atoms with van der Waals surface area (Å²) in [7, 11) is 6.46. The number of aromatic nitrogens is 3. The fourth-order valence-electron chi connectivity index (χ4n) is 2.64. The first-order chi connectivity index (χ1) is 11.2. The Bertz CT molecular complexity index is 933. The van der Waals surface area contributed by atoms with Gasteiger partial charge in [0, 0.05) is 28.5 Å². The van der Waals surface area contributed by atoms with Gasteiger partial charge in [0.25, 0.3) is 5.56 Å². The first kappa shape index (κ1) is 16.7. The fourth-order valence-corrected chi connectivity index (χ4v) is 2.77. The van der Waals surface area contributed by atoms with Crippen LogP contribution in [-0.2, 0) is 6.54 Å². The Labute approximate surface area is 146 Å². The Balaban J connectivity index is 2.12. The standard InChI is InChI=1S/C18H22ClN4O/c1-13-11-17(24)22-12-16(14-5-7-15(19)8-6-14)20-18(22)21(13)9-10-23(2,3)4/h5-8,11-12H,9-10H2,1-4H3/q+1. The number of aryl methyl sites for hydroxylation is 1. The summed E-state index contributed by atoms with van der Waals surface area (Å²) >= 11 is 5.95. The molecule has 0 fully saturated rings. The summed E-state index contributed by atoms with van der Waals surface area (Å²) in [4.78, 5) is 17.0. The van der Waals surface area contributed by atoms with E-state index in [1.807, 2.05) is 31.2 Å². The zero-order valence-electron chi connectivity index (χ0n) is 14.5. The Morgan fingerprint density at radius 3 is 2.46 bits per heavy atom. The maximum Gasteiger partial charge on any atom is 0.259 e. The van der Waals surface area contributed by atoms with Gasteiger partial charge < -0.3 is 9.05 Å². The number of likely N-dealkylation sites (N-methyl/N-ethyl adjacent to an activating group) is 1. The lowest BCUT2D eigenvalue weighted by Crippen LogP contribution is -2.38. The molecule has 0 aliphatic carbocycles. The molecule has 0 bridgehead atoms. The molecule has 0 spiro atoms. The van der Waals surface area contributed by atoms with E-state index in [1.165, 1.54) is 0 Å². The van der Waals surface area contributed by atoms with Crippen molar-refractivity contribution in [3.63, 3.8) is 0 Å². The zero-order chi connectivity index (χ0) is 17.5. The molecule has 0 N–H and O–H groups in total. The molecule has 6 heteroatoms. The molecule has 24 heavy (non-hydrogen) atoms. The van der Waals surface area contributed by atoms with Gasteiger partial charge in [-0.25, -0.2) is 4.98 Å². The highest BCUT2D eigenvalue weighted by Gasteiger charge is 2.14. The predicted molar refractivity (Wildman–Crippen MR) is 97.5 cm³/mol. The summed E-state index contributed by atoms with van der Waals surface area (Å²) in [5, 5.41) is 0.681. The molecule has 0 aliphatic heterocycles. The van der Waals surface area contributed by atoms with Crippen LogP contribution in [0.15, 0.2) is 41.3 Å². The van der Waals surface area contributed by atoms with E-state index in [4.69, 9.17) is 16.6 Å². The Hall–Kier alpha value is -2.11. The van der Waals surface area contributed by atoms with Crippen LogP contribution in [0.4, 0.5) is 0 Å². The van der Waals surface area contributed by atoms with E-state index in [0.717, 1.165) is 34.5 Å². The van der Waals surface area contributed by atoms with E-state index in [2.05, 4.69) is 25.7 Å². The third kappa shape index (κ3) is 3.37. The molecule has 3 aromatic rings. The number of quaternary nitrogens is 1. The molecule has 0 atom stereocenters. The number of hydrogen-bond acceptors (Lipinski definition) is 2. The molecule has 5 nitrogen and oxygen atoms in total. The normalized spacial score (nSPS) is 12.0. The molecular weight excluding hydrogens is 324 g/mol. The second-order valence-corrected chi connectivity index (χ2v) is 7.53. The molecule has 0 aliphatic rings. The van der Waals surface area contributed by atoms with Crippen LogP contribution in [0.3, 0.4) is 0 Å². The van der Waals surface area contributed by atoms with Crippen LogP contribution in [0.2, 0.25) is 5.02 Å². The van der Waals surface area contributed by atoms with Crippen molar-refractivity contribution in [2.45, 2.75) is 13.5 Å². The third-order valence-corrected chi connectivity index (χ3v) is 4.31. The van der Waals surface area contributed by atoms with E-state index < -0.39 is 0 Å². The van der Waals surface area contributed by atoms with Crippen molar-refractivity contribution in [2.75, 3.05) is 27.7 Å². The molecule has 0 amide bonds. The Morgan fingerprint density at radius 2 is 1.83 bits per heavy atom.